The molecule has 0 radical (unpaired) electrons. The first-order valence-electron chi connectivity index (χ1n) is 8.40. The van der Waals surface area contributed by atoms with Crippen molar-refractivity contribution in [2.75, 3.05) is 34.4 Å². The normalized spacial score (nSPS) is 13.3. The number of hydrogen-bond acceptors (Lipinski definition) is 5. The summed E-state index contributed by atoms with van der Waals surface area (Å²) >= 11 is 0. The number of amides is 2. The largest absolute Gasteiger partial charge is 0.493 e. The highest BCUT2D eigenvalue weighted by atomic mass is 16.5. The lowest BCUT2D eigenvalue weighted by molar-refractivity contribution is 0.0640. The van der Waals surface area contributed by atoms with Gasteiger partial charge in [-0.05, 0) is 36.9 Å². The van der Waals surface area contributed by atoms with Crippen molar-refractivity contribution in [3.63, 3.8) is 0 Å². The van der Waals surface area contributed by atoms with Crippen LogP contribution in [0.2, 0.25) is 0 Å². The average molecular weight is 354 g/mol. The zero-order valence-corrected chi connectivity index (χ0v) is 15.2. The van der Waals surface area contributed by atoms with Crippen molar-refractivity contribution in [3.8, 4) is 11.5 Å². The van der Waals surface area contributed by atoms with Crippen LogP contribution in [0.1, 0.15) is 26.3 Å². The predicted molar refractivity (Wildman–Crippen MR) is 97.7 cm³/mol. The molecule has 6 heteroatoms. The van der Waals surface area contributed by atoms with E-state index in [0.29, 0.717) is 42.3 Å². The van der Waals surface area contributed by atoms with Gasteiger partial charge >= 0.3 is 0 Å². The minimum absolute atomic E-state index is 0.217. The van der Waals surface area contributed by atoms with E-state index in [9.17, 15) is 9.59 Å². The van der Waals surface area contributed by atoms with E-state index in [1.807, 2.05) is 25.2 Å². The number of carbonyl (C=O) groups is 2. The monoisotopic (exact) mass is 354 g/mol. The second kappa shape index (κ2) is 7.58. The van der Waals surface area contributed by atoms with E-state index in [1.165, 1.54) is 4.90 Å². The van der Waals surface area contributed by atoms with Crippen molar-refractivity contribution in [2.45, 2.75) is 6.54 Å². The van der Waals surface area contributed by atoms with Crippen molar-refractivity contribution in [2.24, 2.45) is 0 Å². The number of methoxy groups -OCH3 is 2. The lowest BCUT2D eigenvalue weighted by atomic mass is 10.1. The molecule has 136 valence electrons. The van der Waals surface area contributed by atoms with Gasteiger partial charge in [-0.2, -0.15) is 0 Å². The fourth-order valence-corrected chi connectivity index (χ4v) is 3.08. The van der Waals surface area contributed by atoms with E-state index in [-0.39, 0.29) is 11.8 Å². The van der Waals surface area contributed by atoms with Crippen LogP contribution in [-0.2, 0) is 6.54 Å². The Balaban J connectivity index is 1.61. The van der Waals surface area contributed by atoms with Crippen molar-refractivity contribution < 1.29 is 19.1 Å². The zero-order chi connectivity index (χ0) is 18.7. The molecule has 0 fully saturated rings. The molecule has 0 aliphatic carbocycles. The molecule has 2 aromatic carbocycles. The van der Waals surface area contributed by atoms with Crippen molar-refractivity contribution in [3.05, 3.63) is 59.2 Å². The SMILES string of the molecule is COc1ccc(CN(C)CCN2C(=O)c3ccccc3C2=O)cc1OC. The van der Waals surface area contributed by atoms with Crippen LogP contribution in [0.25, 0.3) is 0 Å². The van der Waals surface area contributed by atoms with Gasteiger partial charge in [0.1, 0.15) is 0 Å². The summed E-state index contributed by atoms with van der Waals surface area (Å²) in [6.45, 7) is 1.61. The number of fused-ring (bicyclic) bond motifs is 1. The van der Waals surface area contributed by atoms with Gasteiger partial charge in [0.25, 0.3) is 11.8 Å². The third-order valence-corrected chi connectivity index (χ3v) is 4.48. The molecule has 1 aliphatic rings. The van der Waals surface area contributed by atoms with E-state index in [4.69, 9.17) is 9.47 Å². The van der Waals surface area contributed by atoms with E-state index in [2.05, 4.69) is 4.90 Å². The van der Waals surface area contributed by atoms with Gasteiger partial charge in [-0.1, -0.05) is 18.2 Å². The van der Waals surface area contributed by atoms with E-state index in [0.717, 1.165) is 5.56 Å². The summed E-state index contributed by atoms with van der Waals surface area (Å²) in [5.74, 6) is 0.930. The number of hydrogen-bond donors (Lipinski definition) is 0. The highest BCUT2D eigenvalue weighted by Gasteiger charge is 2.34. The molecule has 0 spiro atoms. The molecular weight excluding hydrogens is 332 g/mol. The summed E-state index contributed by atoms with van der Waals surface area (Å²) in [6.07, 6.45) is 0. The summed E-state index contributed by atoms with van der Waals surface area (Å²) in [6, 6.07) is 12.7. The molecule has 0 atom stereocenters. The second-order valence-electron chi connectivity index (χ2n) is 6.23. The van der Waals surface area contributed by atoms with Gasteiger partial charge in [0.15, 0.2) is 11.5 Å². The standard InChI is InChI=1S/C20H22N2O4/c1-21(13-14-8-9-17(25-2)18(12-14)26-3)10-11-22-19(23)15-6-4-5-7-16(15)20(22)24/h4-9,12H,10-11,13H2,1-3H3. The number of rotatable bonds is 7. The molecular formula is C20H22N2O4. The second-order valence-corrected chi connectivity index (χ2v) is 6.23. The lowest BCUT2D eigenvalue weighted by Crippen LogP contribution is -2.36. The molecule has 0 N–H and O–H groups in total. The van der Waals surface area contributed by atoms with Crippen LogP contribution < -0.4 is 9.47 Å². The quantitative estimate of drug-likeness (QED) is 0.715. The van der Waals surface area contributed by atoms with Crippen LogP contribution in [0.4, 0.5) is 0 Å². The fourth-order valence-electron chi connectivity index (χ4n) is 3.08. The average Bonchev–Trinajstić information content (AvgIpc) is 2.90. The minimum Gasteiger partial charge on any atom is -0.493 e. The molecule has 3 rings (SSSR count). The Morgan fingerprint density at radius 3 is 2.12 bits per heavy atom. The minimum atomic E-state index is -0.217. The van der Waals surface area contributed by atoms with Crippen molar-refractivity contribution in [1.82, 2.24) is 9.80 Å². The van der Waals surface area contributed by atoms with Gasteiger partial charge < -0.3 is 14.4 Å². The first-order chi connectivity index (χ1) is 12.5. The van der Waals surface area contributed by atoms with Gasteiger partial charge in [-0.15, -0.1) is 0 Å². The van der Waals surface area contributed by atoms with Crippen LogP contribution in [0, 0.1) is 0 Å². The first-order valence-corrected chi connectivity index (χ1v) is 8.40. The maximum absolute atomic E-state index is 12.4. The molecule has 0 unspecified atom stereocenters. The third-order valence-electron chi connectivity index (χ3n) is 4.48. The topological polar surface area (TPSA) is 59.1 Å². The number of ether oxygens (including phenoxy) is 2. The molecule has 0 bridgehead atoms. The number of nitrogens with zero attached hydrogens (tertiary/aromatic N) is 2. The fraction of sp³-hybridized carbons (Fsp3) is 0.300. The smallest absolute Gasteiger partial charge is 0.261 e. The van der Waals surface area contributed by atoms with Crippen LogP contribution >= 0.6 is 0 Å². The van der Waals surface area contributed by atoms with E-state index < -0.39 is 0 Å². The van der Waals surface area contributed by atoms with Crippen molar-refractivity contribution >= 4 is 11.8 Å². The molecule has 6 nitrogen and oxygen atoms in total. The predicted octanol–water partition coefficient (Wildman–Crippen LogP) is 2.43. The molecule has 0 saturated carbocycles. The van der Waals surface area contributed by atoms with Gasteiger partial charge in [0, 0.05) is 19.6 Å². The highest BCUT2D eigenvalue weighted by molar-refractivity contribution is 6.21. The maximum atomic E-state index is 12.4. The van der Waals surface area contributed by atoms with Gasteiger partial charge in [-0.3, -0.25) is 14.5 Å². The Bertz CT molecular complexity index is 799. The number of benzene rings is 2. The van der Waals surface area contributed by atoms with Gasteiger partial charge in [0.2, 0.25) is 0 Å². The third kappa shape index (κ3) is 3.41. The Kier molecular flexibility index (Phi) is 5.23. The summed E-state index contributed by atoms with van der Waals surface area (Å²) in [5, 5.41) is 0. The highest BCUT2D eigenvalue weighted by Crippen LogP contribution is 2.28. The Morgan fingerprint density at radius 1 is 0.923 bits per heavy atom. The van der Waals surface area contributed by atoms with Crippen molar-refractivity contribution in [1.29, 1.82) is 0 Å². The molecule has 26 heavy (non-hydrogen) atoms. The molecule has 2 aromatic rings. The first kappa shape index (κ1) is 17.9. The van der Waals surface area contributed by atoms with Gasteiger partial charge in [-0.25, -0.2) is 0 Å². The number of imide groups is 1. The Hall–Kier alpha value is -2.86. The molecule has 1 aliphatic heterocycles. The summed E-state index contributed by atoms with van der Waals surface area (Å²) in [4.78, 5) is 28.2. The van der Waals surface area contributed by atoms with Crippen LogP contribution in [0.3, 0.4) is 0 Å². The lowest BCUT2D eigenvalue weighted by Gasteiger charge is -2.21. The molecule has 1 heterocycles. The van der Waals surface area contributed by atoms with E-state index in [1.54, 1.807) is 38.5 Å². The summed E-state index contributed by atoms with van der Waals surface area (Å²) < 4.78 is 10.6. The summed E-state index contributed by atoms with van der Waals surface area (Å²) in [5.41, 5.74) is 2.03. The van der Waals surface area contributed by atoms with E-state index >= 15 is 0 Å². The maximum Gasteiger partial charge on any atom is 0.261 e. The molecule has 0 saturated heterocycles. The zero-order valence-electron chi connectivity index (χ0n) is 15.2. The van der Waals surface area contributed by atoms with Gasteiger partial charge in [0.05, 0.1) is 25.3 Å². The van der Waals surface area contributed by atoms with Crippen LogP contribution in [0.5, 0.6) is 11.5 Å². The Morgan fingerprint density at radius 2 is 1.54 bits per heavy atom. The Labute approximate surface area is 152 Å². The van der Waals surface area contributed by atoms with Crippen LogP contribution in [-0.4, -0.2) is 56.0 Å². The van der Waals surface area contributed by atoms with Crippen LogP contribution in [0.15, 0.2) is 42.5 Å². The summed E-state index contributed by atoms with van der Waals surface area (Å²) in [7, 11) is 5.16. The number of carbonyl (C=O) groups excluding carboxylic acids is 2. The molecule has 0 aromatic heterocycles. The number of likely N-dealkylation sites (N-methyl/N-ethyl adjacent to an activating group) is 1. The molecule has 2 amide bonds.